The number of carbonyl (C=O) groups is 1. The second kappa shape index (κ2) is 8.48. The molecule has 0 atom stereocenters. The molecule has 1 amide bonds. The van der Waals surface area contributed by atoms with Gasteiger partial charge in [0.05, 0.1) is 19.0 Å². The standard InChI is InChI=1S/C18H19N5O2S/c1-23-17(13-6-4-3-5-7-13)21-22-18(23)26-11-10-15(24)20-14-8-9-16(25-2)19-12-14/h3-9,12H,10-11H2,1-2H3,(H,20,24). The fourth-order valence-electron chi connectivity index (χ4n) is 2.31. The van der Waals surface area contributed by atoms with E-state index < -0.39 is 0 Å². The molecule has 0 fully saturated rings. The van der Waals surface area contributed by atoms with Crippen molar-refractivity contribution in [1.29, 1.82) is 0 Å². The Balaban J connectivity index is 1.51. The first-order chi connectivity index (χ1) is 12.7. The normalized spacial score (nSPS) is 10.5. The van der Waals surface area contributed by atoms with Crippen molar-refractivity contribution in [2.45, 2.75) is 11.6 Å². The average Bonchev–Trinajstić information content (AvgIpc) is 3.04. The first kappa shape index (κ1) is 17.9. The van der Waals surface area contributed by atoms with E-state index in [4.69, 9.17) is 4.74 Å². The van der Waals surface area contributed by atoms with Crippen molar-refractivity contribution in [3.63, 3.8) is 0 Å². The molecular weight excluding hydrogens is 350 g/mol. The first-order valence-corrected chi connectivity index (χ1v) is 9.03. The molecule has 0 aliphatic carbocycles. The van der Waals surface area contributed by atoms with Crippen molar-refractivity contribution in [2.75, 3.05) is 18.2 Å². The number of rotatable bonds is 7. The molecule has 2 heterocycles. The number of thioether (sulfide) groups is 1. The molecule has 0 spiro atoms. The highest BCUT2D eigenvalue weighted by Crippen LogP contribution is 2.23. The quantitative estimate of drug-likeness (QED) is 0.645. The molecule has 0 bridgehead atoms. The summed E-state index contributed by atoms with van der Waals surface area (Å²) in [6, 6.07) is 13.3. The molecule has 0 saturated heterocycles. The van der Waals surface area contributed by atoms with Gasteiger partial charge in [0.1, 0.15) is 0 Å². The third-order valence-corrected chi connectivity index (χ3v) is 4.68. The van der Waals surface area contributed by atoms with Crippen LogP contribution in [0.5, 0.6) is 5.88 Å². The number of pyridine rings is 1. The largest absolute Gasteiger partial charge is 0.481 e. The SMILES string of the molecule is COc1ccc(NC(=O)CCSc2nnc(-c3ccccc3)n2C)cn1. The lowest BCUT2D eigenvalue weighted by Crippen LogP contribution is -2.12. The molecular formula is C18H19N5O2S. The Labute approximate surface area is 155 Å². The Kier molecular flexibility index (Phi) is 5.85. The van der Waals surface area contributed by atoms with Gasteiger partial charge in [0.15, 0.2) is 11.0 Å². The number of nitrogens with zero attached hydrogens (tertiary/aromatic N) is 4. The number of anilines is 1. The van der Waals surface area contributed by atoms with E-state index in [1.54, 1.807) is 25.4 Å². The Morgan fingerprint density at radius 3 is 2.69 bits per heavy atom. The predicted molar refractivity (Wildman–Crippen MR) is 101 cm³/mol. The van der Waals surface area contributed by atoms with Gasteiger partial charge in [-0.15, -0.1) is 10.2 Å². The van der Waals surface area contributed by atoms with Crippen molar-refractivity contribution in [1.82, 2.24) is 19.7 Å². The molecule has 0 aliphatic rings. The van der Waals surface area contributed by atoms with E-state index in [2.05, 4.69) is 20.5 Å². The molecule has 1 aromatic carbocycles. The van der Waals surface area contributed by atoms with Crippen LogP contribution in [0.25, 0.3) is 11.4 Å². The molecule has 3 rings (SSSR count). The lowest BCUT2D eigenvalue weighted by molar-refractivity contribution is -0.115. The fourth-order valence-corrected chi connectivity index (χ4v) is 3.16. The van der Waals surface area contributed by atoms with Crippen molar-refractivity contribution in [2.24, 2.45) is 7.05 Å². The zero-order valence-corrected chi connectivity index (χ0v) is 15.4. The summed E-state index contributed by atoms with van der Waals surface area (Å²) in [5, 5.41) is 12.0. The summed E-state index contributed by atoms with van der Waals surface area (Å²) in [6.07, 6.45) is 1.93. The summed E-state index contributed by atoms with van der Waals surface area (Å²) in [7, 11) is 3.47. The number of methoxy groups -OCH3 is 1. The highest BCUT2D eigenvalue weighted by atomic mass is 32.2. The molecule has 3 aromatic rings. The maximum atomic E-state index is 12.0. The summed E-state index contributed by atoms with van der Waals surface area (Å²) < 4.78 is 6.93. The van der Waals surface area contributed by atoms with Crippen molar-refractivity contribution >= 4 is 23.4 Å². The highest BCUT2D eigenvalue weighted by molar-refractivity contribution is 7.99. The van der Waals surface area contributed by atoms with E-state index in [0.717, 1.165) is 16.5 Å². The van der Waals surface area contributed by atoms with Crippen LogP contribution in [0.4, 0.5) is 5.69 Å². The van der Waals surface area contributed by atoms with Crippen LogP contribution in [-0.2, 0) is 11.8 Å². The second-order valence-electron chi connectivity index (χ2n) is 5.47. The van der Waals surface area contributed by atoms with Crippen LogP contribution in [0, 0.1) is 0 Å². The smallest absolute Gasteiger partial charge is 0.225 e. The summed E-state index contributed by atoms with van der Waals surface area (Å²) in [6.45, 7) is 0. The lowest BCUT2D eigenvalue weighted by atomic mass is 10.2. The number of benzene rings is 1. The van der Waals surface area contributed by atoms with Gasteiger partial charge in [-0.2, -0.15) is 0 Å². The summed E-state index contributed by atoms with van der Waals surface area (Å²) in [4.78, 5) is 16.1. The minimum atomic E-state index is -0.0741. The minimum Gasteiger partial charge on any atom is -0.481 e. The van der Waals surface area contributed by atoms with E-state index in [9.17, 15) is 4.79 Å². The van der Waals surface area contributed by atoms with Gasteiger partial charge >= 0.3 is 0 Å². The zero-order chi connectivity index (χ0) is 18.4. The van der Waals surface area contributed by atoms with Crippen molar-refractivity contribution in [3.05, 3.63) is 48.7 Å². The first-order valence-electron chi connectivity index (χ1n) is 8.05. The average molecular weight is 369 g/mol. The van der Waals surface area contributed by atoms with Crippen LogP contribution in [0.15, 0.2) is 53.8 Å². The number of hydrogen-bond acceptors (Lipinski definition) is 6. The summed E-state index contributed by atoms with van der Waals surface area (Å²) >= 11 is 1.50. The van der Waals surface area contributed by atoms with E-state index in [0.29, 0.717) is 23.7 Å². The fraction of sp³-hybridized carbons (Fsp3) is 0.222. The Morgan fingerprint density at radius 1 is 1.19 bits per heavy atom. The highest BCUT2D eigenvalue weighted by Gasteiger charge is 2.11. The van der Waals surface area contributed by atoms with Gasteiger partial charge in [-0.05, 0) is 6.07 Å². The molecule has 0 radical (unpaired) electrons. The van der Waals surface area contributed by atoms with Gasteiger partial charge in [0.25, 0.3) is 0 Å². The van der Waals surface area contributed by atoms with Crippen molar-refractivity contribution < 1.29 is 9.53 Å². The Morgan fingerprint density at radius 2 is 2.00 bits per heavy atom. The molecule has 1 N–H and O–H groups in total. The number of ether oxygens (including phenoxy) is 1. The van der Waals surface area contributed by atoms with Crippen LogP contribution in [-0.4, -0.2) is 38.5 Å². The molecule has 0 unspecified atom stereocenters. The zero-order valence-electron chi connectivity index (χ0n) is 14.5. The summed E-state index contributed by atoms with van der Waals surface area (Å²) in [5.74, 6) is 1.85. The van der Waals surface area contributed by atoms with Crippen LogP contribution in [0.2, 0.25) is 0 Å². The molecule has 2 aromatic heterocycles. The lowest BCUT2D eigenvalue weighted by Gasteiger charge is -2.06. The van der Waals surface area contributed by atoms with E-state index >= 15 is 0 Å². The number of carbonyl (C=O) groups excluding carboxylic acids is 1. The topological polar surface area (TPSA) is 81.9 Å². The molecule has 0 saturated carbocycles. The van der Waals surface area contributed by atoms with Gasteiger partial charge in [0.2, 0.25) is 11.8 Å². The third-order valence-electron chi connectivity index (χ3n) is 3.66. The van der Waals surface area contributed by atoms with Crippen LogP contribution in [0.3, 0.4) is 0 Å². The van der Waals surface area contributed by atoms with E-state index in [1.807, 2.05) is 41.9 Å². The van der Waals surface area contributed by atoms with Gasteiger partial charge in [0, 0.05) is 30.9 Å². The number of hydrogen-bond donors (Lipinski definition) is 1. The maximum Gasteiger partial charge on any atom is 0.225 e. The van der Waals surface area contributed by atoms with Gasteiger partial charge < -0.3 is 14.6 Å². The molecule has 7 nitrogen and oxygen atoms in total. The molecule has 0 aliphatic heterocycles. The third kappa shape index (κ3) is 4.40. The monoisotopic (exact) mass is 369 g/mol. The Hall–Kier alpha value is -2.87. The Bertz CT molecular complexity index is 865. The molecule has 26 heavy (non-hydrogen) atoms. The number of aromatic nitrogens is 4. The van der Waals surface area contributed by atoms with Gasteiger partial charge in [-0.25, -0.2) is 4.98 Å². The van der Waals surface area contributed by atoms with Gasteiger partial charge in [-0.3, -0.25) is 4.79 Å². The molecule has 8 heteroatoms. The van der Waals surface area contributed by atoms with Crippen LogP contribution < -0.4 is 10.1 Å². The van der Waals surface area contributed by atoms with Crippen LogP contribution in [0.1, 0.15) is 6.42 Å². The maximum absolute atomic E-state index is 12.0. The summed E-state index contributed by atoms with van der Waals surface area (Å²) in [5.41, 5.74) is 1.66. The van der Waals surface area contributed by atoms with E-state index in [-0.39, 0.29) is 5.91 Å². The molecule has 134 valence electrons. The predicted octanol–water partition coefficient (Wildman–Crippen LogP) is 3.01. The van der Waals surface area contributed by atoms with Crippen LogP contribution >= 0.6 is 11.8 Å². The second-order valence-corrected chi connectivity index (χ2v) is 6.53. The number of nitrogens with one attached hydrogen (secondary N) is 1. The minimum absolute atomic E-state index is 0.0741. The van der Waals surface area contributed by atoms with Crippen molar-refractivity contribution in [3.8, 4) is 17.3 Å². The van der Waals surface area contributed by atoms with E-state index in [1.165, 1.54) is 11.8 Å². The van der Waals surface area contributed by atoms with Gasteiger partial charge in [-0.1, -0.05) is 42.1 Å². The number of amides is 1.